The molecule has 1 N–H and O–H groups in total. The lowest BCUT2D eigenvalue weighted by Crippen LogP contribution is -2.46. The van der Waals surface area contributed by atoms with E-state index in [4.69, 9.17) is 4.74 Å². The number of ether oxygens (including phenoxy) is 1. The summed E-state index contributed by atoms with van der Waals surface area (Å²) < 4.78 is 7.00. The number of urea groups is 1. The summed E-state index contributed by atoms with van der Waals surface area (Å²) in [6.07, 6.45) is 6.27. The second-order valence-electron chi connectivity index (χ2n) is 6.09. The van der Waals surface area contributed by atoms with Gasteiger partial charge in [0.25, 0.3) is 0 Å². The Bertz CT molecular complexity index is 494. The van der Waals surface area contributed by atoms with Gasteiger partial charge in [-0.2, -0.15) is 0 Å². The molecule has 1 aromatic heterocycles. The molecule has 0 bridgehead atoms. The Hall–Kier alpha value is -0.590. The lowest BCUT2D eigenvalue weighted by atomic mass is 9.87. The molecule has 0 spiro atoms. The maximum absolute atomic E-state index is 12.2. The Balaban J connectivity index is 1.41. The lowest BCUT2D eigenvalue weighted by molar-refractivity contribution is -0.0348. The van der Waals surface area contributed by atoms with E-state index >= 15 is 0 Å². The Morgan fingerprint density at radius 2 is 2.14 bits per heavy atom. The minimum absolute atomic E-state index is 0.0625. The molecular formula is C16H23BrN2O2S. The zero-order valence-corrected chi connectivity index (χ0v) is 15.1. The molecule has 0 radical (unpaired) electrons. The molecule has 0 aliphatic carbocycles. The highest BCUT2D eigenvalue weighted by Gasteiger charge is 2.29. The lowest BCUT2D eigenvalue weighted by Gasteiger charge is -2.37. The zero-order chi connectivity index (χ0) is 15.4. The SMILES string of the molecule is O=C(NCc1ccc(Br)s1)N1CCC(C2CCCCO2)CC1. The number of hydrogen-bond donors (Lipinski definition) is 1. The molecule has 3 rings (SSSR count). The van der Waals surface area contributed by atoms with Gasteiger partial charge in [0.2, 0.25) is 0 Å². The van der Waals surface area contributed by atoms with E-state index in [1.54, 1.807) is 11.3 Å². The highest BCUT2D eigenvalue weighted by atomic mass is 79.9. The van der Waals surface area contributed by atoms with Crippen LogP contribution in [0.4, 0.5) is 4.79 Å². The Labute approximate surface area is 144 Å². The van der Waals surface area contributed by atoms with E-state index in [9.17, 15) is 4.79 Å². The van der Waals surface area contributed by atoms with Crippen molar-refractivity contribution in [3.8, 4) is 0 Å². The minimum Gasteiger partial charge on any atom is -0.378 e. The molecule has 3 heterocycles. The van der Waals surface area contributed by atoms with E-state index in [-0.39, 0.29) is 6.03 Å². The number of halogens is 1. The molecule has 1 aromatic rings. The van der Waals surface area contributed by atoms with Gasteiger partial charge < -0.3 is 15.0 Å². The standard InChI is InChI=1S/C16H23BrN2O2S/c17-15-5-4-13(22-15)11-18-16(20)19-8-6-12(7-9-19)14-3-1-2-10-21-14/h4-5,12,14H,1-3,6-11H2,(H,18,20). The van der Waals surface area contributed by atoms with Crippen LogP contribution >= 0.6 is 27.3 Å². The molecule has 0 saturated carbocycles. The molecule has 2 aliphatic heterocycles. The average molecular weight is 387 g/mol. The van der Waals surface area contributed by atoms with Crippen LogP contribution in [-0.4, -0.2) is 36.7 Å². The van der Waals surface area contributed by atoms with Crippen LogP contribution in [-0.2, 0) is 11.3 Å². The number of piperidine rings is 1. The van der Waals surface area contributed by atoms with Crippen molar-refractivity contribution < 1.29 is 9.53 Å². The summed E-state index contributed by atoms with van der Waals surface area (Å²) in [6, 6.07) is 4.12. The summed E-state index contributed by atoms with van der Waals surface area (Å²) in [4.78, 5) is 15.4. The van der Waals surface area contributed by atoms with Gasteiger partial charge in [-0.3, -0.25) is 0 Å². The summed E-state index contributed by atoms with van der Waals surface area (Å²) in [5.74, 6) is 0.637. The summed E-state index contributed by atoms with van der Waals surface area (Å²) in [5.41, 5.74) is 0. The van der Waals surface area contributed by atoms with Crippen molar-refractivity contribution in [2.75, 3.05) is 19.7 Å². The van der Waals surface area contributed by atoms with Crippen LogP contribution in [0.5, 0.6) is 0 Å². The van der Waals surface area contributed by atoms with E-state index in [1.165, 1.54) is 24.1 Å². The van der Waals surface area contributed by atoms with Crippen LogP contribution in [0.1, 0.15) is 37.0 Å². The molecule has 2 saturated heterocycles. The van der Waals surface area contributed by atoms with E-state index < -0.39 is 0 Å². The van der Waals surface area contributed by atoms with Crippen molar-refractivity contribution in [1.29, 1.82) is 0 Å². The highest BCUT2D eigenvalue weighted by Crippen LogP contribution is 2.28. The largest absolute Gasteiger partial charge is 0.378 e. The number of carbonyl (C=O) groups is 1. The maximum atomic E-state index is 12.2. The number of rotatable bonds is 3. The predicted molar refractivity (Wildman–Crippen MR) is 92.1 cm³/mol. The van der Waals surface area contributed by atoms with E-state index in [0.29, 0.717) is 18.6 Å². The van der Waals surface area contributed by atoms with Crippen LogP contribution in [0.2, 0.25) is 0 Å². The van der Waals surface area contributed by atoms with Gasteiger partial charge >= 0.3 is 6.03 Å². The van der Waals surface area contributed by atoms with Crippen molar-refractivity contribution in [3.05, 3.63) is 20.8 Å². The molecule has 2 fully saturated rings. The number of hydrogen-bond acceptors (Lipinski definition) is 3. The molecule has 6 heteroatoms. The van der Waals surface area contributed by atoms with E-state index in [2.05, 4.69) is 21.2 Å². The van der Waals surface area contributed by atoms with Gasteiger partial charge in [-0.25, -0.2) is 4.79 Å². The fourth-order valence-corrected chi connectivity index (χ4v) is 4.76. The fraction of sp³-hybridized carbons (Fsp3) is 0.688. The van der Waals surface area contributed by atoms with Crippen molar-refractivity contribution in [2.24, 2.45) is 5.92 Å². The van der Waals surface area contributed by atoms with Gasteiger partial charge in [-0.15, -0.1) is 11.3 Å². The topological polar surface area (TPSA) is 41.6 Å². The number of nitrogens with one attached hydrogen (secondary N) is 1. The zero-order valence-electron chi connectivity index (χ0n) is 12.7. The molecular weight excluding hydrogens is 364 g/mol. The molecule has 1 atom stereocenters. The van der Waals surface area contributed by atoms with Gasteiger partial charge in [-0.1, -0.05) is 0 Å². The van der Waals surface area contributed by atoms with Crippen LogP contribution in [0, 0.1) is 5.92 Å². The third-order valence-corrected chi connectivity index (χ3v) is 6.23. The van der Waals surface area contributed by atoms with E-state index in [1.807, 2.05) is 17.0 Å². The van der Waals surface area contributed by atoms with Crippen LogP contribution in [0.25, 0.3) is 0 Å². The molecule has 2 amide bonds. The summed E-state index contributed by atoms with van der Waals surface area (Å²) in [6.45, 7) is 3.23. The maximum Gasteiger partial charge on any atom is 0.317 e. The monoisotopic (exact) mass is 386 g/mol. The van der Waals surface area contributed by atoms with Crippen molar-refractivity contribution >= 4 is 33.3 Å². The number of amides is 2. The third kappa shape index (κ3) is 4.24. The number of likely N-dealkylation sites (tertiary alicyclic amines) is 1. The van der Waals surface area contributed by atoms with Crippen LogP contribution in [0.15, 0.2) is 15.9 Å². The first-order valence-corrected chi connectivity index (χ1v) is 9.72. The number of carbonyl (C=O) groups excluding carboxylic acids is 1. The summed E-state index contributed by atoms with van der Waals surface area (Å²) >= 11 is 5.11. The number of thiophene rings is 1. The molecule has 1 unspecified atom stereocenters. The van der Waals surface area contributed by atoms with Crippen LogP contribution in [0.3, 0.4) is 0 Å². The van der Waals surface area contributed by atoms with Crippen molar-refractivity contribution in [2.45, 2.75) is 44.8 Å². The Morgan fingerprint density at radius 1 is 1.32 bits per heavy atom. The van der Waals surface area contributed by atoms with E-state index in [0.717, 1.165) is 36.3 Å². The molecule has 122 valence electrons. The molecule has 4 nitrogen and oxygen atoms in total. The third-order valence-electron chi connectivity index (χ3n) is 4.61. The quantitative estimate of drug-likeness (QED) is 0.852. The van der Waals surface area contributed by atoms with Gasteiger partial charge in [-0.05, 0) is 66.1 Å². The first-order valence-electron chi connectivity index (χ1n) is 8.11. The van der Waals surface area contributed by atoms with Gasteiger partial charge in [0.05, 0.1) is 16.4 Å². The first-order chi connectivity index (χ1) is 10.7. The van der Waals surface area contributed by atoms with Gasteiger partial charge in [0.15, 0.2) is 0 Å². The molecule has 0 aromatic carbocycles. The number of nitrogens with zero attached hydrogens (tertiary/aromatic N) is 1. The highest BCUT2D eigenvalue weighted by molar-refractivity contribution is 9.11. The average Bonchev–Trinajstić information content (AvgIpc) is 2.99. The molecule has 2 aliphatic rings. The summed E-state index contributed by atoms with van der Waals surface area (Å²) in [7, 11) is 0. The van der Waals surface area contributed by atoms with Crippen molar-refractivity contribution in [3.63, 3.8) is 0 Å². The minimum atomic E-state index is 0.0625. The van der Waals surface area contributed by atoms with Gasteiger partial charge in [0.1, 0.15) is 0 Å². The second-order valence-corrected chi connectivity index (χ2v) is 8.64. The van der Waals surface area contributed by atoms with Crippen LogP contribution < -0.4 is 5.32 Å². The molecule has 22 heavy (non-hydrogen) atoms. The normalized spacial score (nSPS) is 23.5. The Kier molecular flexibility index (Phi) is 5.77. The predicted octanol–water partition coefficient (Wildman–Crippen LogP) is 4.00. The second kappa shape index (κ2) is 7.79. The van der Waals surface area contributed by atoms with Crippen molar-refractivity contribution in [1.82, 2.24) is 10.2 Å². The first kappa shape index (κ1) is 16.3. The Morgan fingerprint density at radius 3 is 2.77 bits per heavy atom. The smallest absolute Gasteiger partial charge is 0.317 e. The van der Waals surface area contributed by atoms with Gasteiger partial charge in [0, 0.05) is 24.6 Å². The summed E-state index contributed by atoms with van der Waals surface area (Å²) in [5, 5.41) is 3.02. The fourth-order valence-electron chi connectivity index (χ4n) is 3.33.